The Morgan fingerprint density at radius 2 is 2.08 bits per heavy atom. The molecular weight excluding hydrogens is 315 g/mol. The van der Waals surface area contributed by atoms with Gasteiger partial charge in [-0.15, -0.1) is 0 Å². The molecule has 24 heavy (non-hydrogen) atoms. The molecule has 2 aromatic rings. The van der Waals surface area contributed by atoms with Crippen LogP contribution in [-0.2, 0) is 9.53 Å². The maximum Gasteiger partial charge on any atom is 0.407 e. The molecule has 0 bridgehead atoms. The van der Waals surface area contributed by atoms with Crippen LogP contribution in [0.1, 0.15) is 13.8 Å². The number of amides is 2. The first-order valence-electron chi connectivity index (χ1n) is 7.35. The molecule has 2 N–H and O–H groups in total. The van der Waals surface area contributed by atoms with Crippen molar-refractivity contribution in [2.45, 2.75) is 19.9 Å². The van der Waals surface area contributed by atoms with E-state index in [4.69, 9.17) is 0 Å². The predicted octanol–water partition coefficient (Wildman–Crippen LogP) is 2.33. The van der Waals surface area contributed by atoms with Crippen LogP contribution in [-0.4, -0.2) is 34.7 Å². The summed E-state index contributed by atoms with van der Waals surface area (Å²) in [5.41, 5.74) is 0.609. The number of ether oxygens (including phenoxy) is 1. The van der Waals surface area contributed by atoms with E-state index in [1.54, 1.807) is 32.3 Å². The molecule has 0 unspecified atom stereocenters. The lowest BCUT2D eigenvalue weighted by atomic mass is 10.0. The van der Waals surface area contributed by atoms with Crippen molar-refractivity contribution >= 4 is 17.7 Å². The Morgan fingerprint density at radius 1 is 1.33 bits per heavy atom. The van der Waals surface area contributed by atoms with Crippen LogP contribution in [0.4, 0.5) is 14.9 Å². The summed E-state index contributed by atoms with van der Waals surface area (Å²) in [5.74, 6) is -1.13. The molecule has 0 aliphatic heterocycles. The van der Waals surface area contributed by atoms with Crippen molar-refractivity contribution in [1.82, 2.24) is 14.9 Å². The molecule has 1 heterocycles. The van der Waals surface area contributed by atoms with Crippen molar-refractivity contribution in [1.29, 1.82) is 0 Å². The first-order chi connectivity index (χ1) is 11.4. The number of hydrogen-bond donors (Lipinski definition) is 2. The number of hydrogen-bond acceptors (Lipinski definition) is 4. The molecule has 0 aliphatic carbocycles. The minimum atomic E-state index is -0.797. The maximum absolute atomic E-state index is 14.2. The topological polar surface area (TPSA) is 85.2 Å². The SMILES string of the molecule is COC(=O)N[C@@H](C(=O)Nc1ccc(-n2ccnc2)c(F)c1)C(C)C. The Balaban J connectivity index is 2.13. The predicted molar refractivity (Wildman–Crippen MR) is 86.3 cm³/mol. The average molecular weight is 334 g/mol. The highest BCUT2D eigenvalue weighted by Crippen LogP contribution is 2.18. The molecule has 1 aromatic carbocycles. The molecule has 1 atom stereocenters. The first kappa shape index (κ1) is 17.5. The maximum atomic E-state index is 14.2. The van der Waals surface area contributed by atoms with Crippen LogP contribution in [0.15, 0.2) is 36.9 Å². The lowest BCUT2D eigenvalue weighted by Crippen LogP contribution is -2.47. The van der Waals surface area contributed by atoms with Crippen LogP contribution in [0.3, 0.4) is 0 Å². The number of imidazole rings is 1. The number of carbonyl (C=O) groups is 2. The van der Waals surface area contributed by atoms with Gasteiger partial charge in [-0.2, -0.15) is 0 Å². The van der Waals surface area contributed by atoms with E-state index in [1.807, 2.05) is 0 Å². The Hall–Kier alpha value is -2.90. The van der Waals surface area contributed by atoms with Crippen LogP contribution < -0.4 is 10.6 Å². The van der Waals surface area contributed by atoms with Crippen LogP contribution in [0.2, 0.25) is 0 Å². The lowest BCUT2D eigenvalue weighted by molar-refractivity contribution is -0.119. The number of benzene rings is 1. The van der Waals surface area contributed by atoms with Gasteiger partial charge >= 0.3 is 6.09 Å². The Bertz CT molecular complexity index is 716. The number of halogens is 1. The van der Waals surface area contributed by atoms with Crippen molar-refractivity contribution < 1.29 is 18.7 Å². The van der Waals surface area contributed by atoms with E-state index >= 15 is 0 Å². The molecule has 0 fully saturated rings. The third kappa shape index (κ3) is 4.09. The molecule has 128 valence electrons. The van der Waals surface area contributed by atoms with Crippen molar-refractivity contribution in [2.24, 2.45) is 5.92 Å². The van der Waals surface area contributed by atoms with Crippen molar-refractivity contribution in [3.05, 3.63) is 42.7 Å². The van der Waals surface area contributed by atoms with Gasteiger partial charge in [-0.3, -0.25) is 4.79 Å². The summed E-state index contributed by atoms with van der Waals surface area (Å²) in [7, 11) is 1.22. The first-order valence-corrected chi connectivity index (χ1v) is 7.35. The number of nitrogens with zero attached hydrogens (tertiary/aromatic N) is 2. The standard InChI is InChI=1S/C16H19FN4O3/c1-10(2)14(20-16(23)24-3)15(22)19-11-4-5-13(12(17)8-11)21-7-6-18-9-21/h4-10,14H,1-3H3,(H,19,22)(H,20,23)/t14-/m1/s1. The highest BCUT2D eigenvalue weighted by atomic mass is 19.1. The molecule has 0 saturated heterocycles. The number of alkyl carbamates (subject to hydrolysis) is 1. The molecule has 0 saturated carbocycles. The van der Waals surface area contributed by atoms with Crippen LogP contribution in [0.5, 0.6) is 0 Å². The van der Waals surface area contributed by atoms with E-state index in [2.05, 4.69) is 20.4 Å². The minimum Gasteiger partial charge on any atom is -0.453 e. The number of rotatable bonds is 5. The van der Waals surface area contributed by atoms with Gasteiger partial charge in [-0.1, -0.05) is 13.8 Å². The largest absolute Gasteiger partial charge is 0.453 e. The molecule has 0 aliphatic rings. The molecule has 1 aromatic heterocycles. The Kier molecular flexibility index (Phi) is 5.51. The van der Waals surface area contributed by atoms with E-state index < -0.39 is 23.9 Å². The summed E-state index contributed by atoms with van der Waals surface area (Å²) in [6.45, 7) is 3.56. The van der Waals surface area contributed by atoms with E-state index in [0.717, 1.165) is 0 Å². The average Bonchev–Trinajstić information content (AvgIpc) is 3.06. The highest BCUT2D eigenvalue weighted by molar-refractivity contribution is 5.96. The van der Waals surface area contributed by atoms with Crippen molar-refractivity contribution in [3.63, 3.8) is 0 Å². The number of methoxy groups -OCH3 is 1. The smallest absolute Gasteiger partial charge is 0.407 e. The lowest BCUT2D eigenvalue weighted by Gasteiger charge is -2.21. The van der Waals surface area contributed by atoms with Gasteiger partial charge in [0.05, 0.1) is 19.1 Å². The summed E-state index contributed by atoms with van der Waals surface area (Å²) >= 11 is 0. The van der Waals surface area contributed by atoms with E-state index in [1.165, 1.54) is 30.1 Å². The highest BCUT2D eigenvalue weighted by Gasteiger charge is 2.24. The number of anilines is 1. The van der Waals surface area contributed by atoms with Gasteiger partial charge in [-0.25, -0.2) is 14.2 Å². The number of nitrogens with one attached hydrogen (secondary N) is 2. The molecule has 7 nitrogen and oxygen atoms in total. The molecular formula is C16H19FN4O3. The van der Waals surface area contributed by atoms with E-state index in [0.29, 0.717) is 11.4 Å². The summed E-state index contributed by atoms with van der Waals surface area (Å²) in [4.78, 5) is 27.5. The van der Waals surface area contributed by atoms with Crippen LogP contribution >= 0.6 is 0 Å². The van der Waals surface area contributed by atoms with Crippen molar-refractivity contribution in [3.8, 4) is 5.69 Å². The Labute approximate surface area is 138 Å². The Morgan fingerprint density at radius 3 is 2.62 bits per heavy atom. The summed E-state index contributed by atoms with van der Waals surface area (Å²) in [6.07, 6.45) is 3.93. The fraction of sp³-hybridized carbons (Fsp3) is 0.312. The van der Waals surface area contributed by atoms with E-state index in [-0.39, 0.29) is 5.92 Å². The van der Waals surface area contributed by atoms with Gasteiger partial charge in [0, 0.05) is 18.1 Å². The quantitative estimate of drug-likeness (QED) is 0.879. The zero-order valence-corrected chi connectivity index (χ0v) is 13.6. The van der Waals surface area contributed by atoms with Gasteiger partial charge in [0.25, 0.3) is 0 Å². The minimum absolute atomic E-state index is 0.167. The molecule has 0 radical (unpaired) electrons. The third-order valence-electron chi connectivity index (χ3n) is 3.41. The zero-order valence-electron chi connectivity index (χ0n) is 13.6. The zero-order chi connectivity index (χ0) is 17.7. The van der Waals surface area contributed by atoms with Gasteiger partial charge < -0.3 is 19.9 Å². The molecule has 2 rings (SSSR count). The van der Waals surface area contributed by atoms with Crippen LogP contribution in [0, 0.1) is 11.7 Å². The van der Waals surface area contributed by atoms with Gasteiger partial charge in [-0.05, 0) is 24.1 Å². The molecule has 0 spiro atoms. The second-order valence-corrected chi connectivity index (χ2v) is 5.48. The normalized spacial score (nSPS) is 11.9. The van der Waals surface area contributed by atoms with Gasteiger partial charge in [0.15, 0.2) is 0 Å². The van der Waals surface area contributed by atoms with Gasteiger partial charge in [0.2, 0.25) is 5.91 Å². The van der Waals surface area contributed by atoms with E-state index in [9.17, 15) is 14.0 Å². The fourth-order valence-electron chi connectivity index (χ4n) is 2.14. The second kappa shape index (κ2) is 7.58. The number of aromatic nitrogens is 2. The second-order valence-electron chi connectivity index (χ2n) is 5.48. The summed E-state index contributed by atoms with van der Waals surface area (Å²) in [6, 6.07) is 3.52. The fourth-order valence-corrected chi connectivity index (χ4v) is 2.14. The van der Waals surface area contributed by atoms with Gasteiger partial charge in [0.1, 0.15) is 11.9 Å². The molecule has 2 amide bonds. The molecule has 8 heteroatoms. The monoisotopic (exact) mass is 334 g/mol. The third-order valence-corrected chi connectivity index (χ3v) is 3.41. The van der Waals surface area contributed by atoms with Crippen LogP contribution in [0.25, 0.3) is 5.69 Å². The van der Waals surface area contributed by atoms with Crippen molar-refractivity contribution in [2.75, 3.05) is 12.4 Å². The summed E-state index contributed by atoms with van der Waals surface area (Å²) in [5, 5.41) is 5.05. The number of carbonyl (C=O) groups excluding carboxylic acids is 2. The summed E-state index contributed by atoms with van der Waals surface area (Å²) < 4.78 is 20.2.